The second-order valence-electron chi connectivity index (χ2n) is 3.59. The molecule has 0 bridgehead atoms. The van der Waals surface area contributed by atoms with E-state index in [1.54, 1.807) is 23.1 Å². The number of benzene rings is 1. The largest absolute Gasteiger partial charge is 0.480 e. The Hall–Kier alpha value is -1.54. The lowest BCUT2D eigenvalue weighted by Gasteiger charge is -2.23. The van der Waals surface area contributed by atoms with Crippen LogP contribution in [-0.2, 0) is 4.79 Å². The van der Waals surface area contributed by atoms with Gasteiger partial charge in [-0.2, -0.15) is 5.26 Å². The lowest BCUT2D eigenvalue weighted by Crippen LogP contribution is -2.31. The molecule has 17 heavy (non-hydrogen) atoms. The lowest BCUT2D eigenvalue weighted by atomic mass is 10.1. The van der Waals surface area contributed by atoms with Crippen molar-refractivity contribution in [3.05, 3.63) is 28.2 Å². The molecule has 0 radical (unpaired) electrons. The maximum atomic E-state index is 10.8. The third-order valence-electron chi connectivity index (χ3n) is 2.24. The summed E-state index contributed by atoms with van der Waals surface area (Å²) in [6, 6.07) is 7.31. The van der Waals surface area contributed by atoms with Crippen molar-refractivity contribution in [1.82, 2.24) is 0 Å². The SMILES string of the molecule is CCCN(CC(=O)O)c1cc(Br)ccc1C#N. The van der Waals surface area contributed by atoms with Crippen LogP contribution >= 0.6 is 15.9 Å². The molecule has 0 aliphatic heterocycles. The van der Waals surface area contributed by atoms with Crippen LogP contribution < -0.4 is 4.90 Å². The Morgan fingerprint density at radius 2 is 2.29 bits per heavy atom. The minimum absolute atomic E-state index is 0.0982. The van der Waals surface area contributed by atoms with E-state index in [1.807, 2.05) is 6.92 Å². The molecule has 1 aromatic rings. The number of rotatable bonds is 5. The maximum Gasteiger partial charge on any atom is 0.323 e. The summed E-state index contributed by atoms with van der Waals surface area (Å²) >= 11 is 3.33. The molecule has 1 aromatic carbocycles. The van der Waals surface area contributed by atoms with E-state index in [0.29, 0.717) is 17.8 Å². The predicted molar refractivity (Wildman–Crippen MR) is 69.0 cm³/mol. The molecule has 0 unspecified atom stereocenters. The highest BCUT2D eigenvalue weighted by Crippen LogP contribution is 2.24. The fourth-order valence-electron chi connectivity index (χ4n) is 1.58. The Morgan fingerprint density at radius 3 is 2.82 bits per heavy atom. The highest BCUT2D eigenvalue weighted by atomic mass is 79.9. The summed E-state index contributed by atoms with van der Waals surface area (Å²) in [7, 11) is 0. The van der Waals surface area contributed by atoms with Crippen LogP contribution in [0.2, 0.25) is 0 Å². The van der Waals surface area contributed by atoms with E-state index in [1.165, 1.54) is 0 Å². The van der Waals surface area contributed by atoms with E-state index in [0.717, 1.165) is 10.9 Å². The fourth-order valence-corrected chi connectivity index (χ4v) is 1.93. The summed E-state index contributed by atoms with van der Waals surface area (Å²) in [5.41, 5.74) is 1.15. The van der Waals surface area contributed by atoms with Crippen molar-refractivity contribution in [3.8, 4) is 6.07 Å². The third-order valence-corrected chi connectivity index (χ3v) is 2.73. The van der Waals surface area contributed by atoms with Crippen molar-refractivity contribution >= 4 is 27.6 Å². The Morgan fingerprint density at radius 1 is 1.59 bits per heavy atom. The number of hydrogen-bond donors (Lipinski definition) is 1. The lowest BCUT2D eigenvalue weighted by molar-refractivity contribution is -0.135. The molecule has 0 spiro atoms. The van der Waals surface area contributed by atoms with E-state index in [4.69, 9.17) is 10.4 Å². The Labute approximate surface area is 109 Å². The van der Waals surface area contributed by atoms with E-state index in [-0.39, 0.29) is 6.54 Å². The number of nitrogens with zero attached hydrogens (tertiary/aromatic N) is 2. The van der Waals surface area contributed by atoms with Gasteiger partial charge in [-0.3, -0.25) is 4.79 Å². The van der Waals surface area contributed by atoms with Gasteiger partial charge >= 0.3 is 5.97 Å². The topological polar surface area (TPSA) is 64.3 Å². The average Bonchev–Trinajstić information content (AvgIpc) is 2.28. The van der Waals surface area contributed by atoms with Crippen LogP contribution in [0.1, 0.15) is 18.9 Å². The first-order valence-corrected chi connectivity index (χ1v) is 6.04. The molecule has 1 N–H and O–H groups in total. The summed E-state index contributed by atoms with van der Waals surface area (Å²) in [4.78, 5) is 12.5. The van der Waals surface area contributed by atoms with Gasteiger partial charge in [0.2, 0.25) is 0 Å². The fraction of sp³-hybridized carbons (Fsp3) is 0.333. The van der Waals surface area contributed by atoms with Gasteiger partial charge in [-0.15, -0.1) is 0 Å². The second kappa shape index (κ2) is 6.26. The number of carboxylic acid groups (broad SMARTS) is 1. The van der Waals surface area contributed by atoms with Crippen LogP contribution in [0.15, 0.2) is 22.7 Å². The highest BCUT2D eigenvalue weighted by Gasteiger charge is 2.14. The van der Waals surface area contributed by atoms with Crippen molar-refractivity contribution in [3.63, 3.8) is 0 Å². The molecule has 0 amide bonds. The number of anilines is 1. The van der Waals surface area contributed by atoms with Gasteiger partial charge in [0.15, 0.2) is 0 Å². The van der Waals surface area contributed by atoms with E-state index >= 15 is 0 Å². The summed E-state index contributed by atoms with van der Waals surface area (Å²) in [6.45, 7) is 2.48. The monoisotopic (exact) mass is 296 g/mol. The minimum Gasteiger partial charge on any atom is -0.480 e. The molecule has 0 aliphatic rings. The molecule has 90 valence electrons. The van der Waals surface area contributed by atoms with Crippen LogP contribution in [0.3, 0.4) is 0 Å². The molecule has 0 fully saturated rings. The van der Waals surface area contributed by atoms with E-state index < -0.39 is 5.97 Å². The first-order valence-electron chi connectivity index (χ1n) is 5.25. The standard InChI is InChI=1S/C12H13BrN2O2/c1-2-5-15(8-12(16)17)11-6-10(13)4-3-9(11)7-14/h3-4,6H,2,5,8H2,1H3,(H,16,17). The molecule has 0 saturated carbocycles. The Balaban J connectivity index is 3.12. The summed E-state index contributed by atoms with van der Waals surface area (Å²) < 4.78 is 0.831. The van der Waals surface area contributed by atoms with Crippen LogP contribution in [0.25, 0.3) is 0 Å². The smallest absolute Gasteiger partial charge is 0.323 e. The number of carbonyl (C=O) groups is 1. The zero-order chi connectivity index (χ0) is 12.8. The van der Waals surface area contributed by atoms with Crippen LogP contribution in [-0.4, -0.2) is 24.2 Å². The van der Waals surface area contributed by atoms with Crippen molar-refractivity contribution in [1.29, 1.82) is 5.26 Å². The zero-order valence-corrected chi connectivity index (χ0v) is 11.1. The number of hydrogen-bond acceptors (Lipinski definition) is 3. The molecule has 5 heteroatoms. The first-order chi connectivity index (χ1) is 8.08. The van der Waals surface area contributed by atoms with Gasteiger partial charge in [-0.1, -0.05) is 22.9 Å². The second-order valence-corrected chi connectivity index (χ2v) is 4.50. The molecule has 0 heterocycles. The van der Waals surface area contributed by atoms with Crippen LogP contribution in [0, 0.1) is 11.3 Å². The van der Waals surface area contributed by atoms with Crippen molar-refractivity contribution in [2.45, 2.75) is 13.3 Å². The van der Waals surface area contributed by atoms with Gasteiger partial charge in [-0.25, -0.2) is 0 Å². The molecule has 0 aliphatic carbocycles. The third kappa shape index (κ3) is 3.75. The van der Waals surface area contributed by atoms with Gasteiger partial charge in [0.1, 0.15) is 12.6 Å². The van der Waals surface area contributed by atoms with Gasteiger partial charge in [0, 0.05) is 11.0 Å². The average molecular weight is 297 g/mol. The predicted octanol–water partition coefficient (Wildman–Crippen LogP) is 2.62. The van der Waals surface area contributed by atoms with Crippen LogP contribution in [0.4, 0.5) is 5.69 Å². The van der Waals surface area contributed by atoms with Crippen LogP contribution in [0.5, 0.6) is 0 Å². The van der Waals surface area contributed by atoms with Crippen molar-refractivity contribution in [2.24, 2.45) is 0 Å². The minimum atomic E-state index is -0.901. The number of nitriles is 1. The maximum absolute atomic E-state index is 10.8. The molecule has 0 atom stereocenters. The summed E-state index contributed by atoms with van der Waals surface area (Å²) in [5.74, 6) is -0.901. The summed E-state index contributed by atoms with van der Waals surface area (Å²) in [6.07, 6.45) is 0.824. The molecule has 0 aromatic heterocycles. The Bertz CT molecular complexity index is 454. The zero-order valence-electron chi connectivity index (χ0n) is 9.48. The first kappa shape index (κ1) is 13.5. The van der Waals surface area contributed by atoms with E-state index in [9.17, 15) is 4.79 Å². The van der Waals surface area contributed by atoms with Crippen molar-refractivity contribution < 1.29 is 9.90 Å². The van der Waals surface area contributed by atoms with Gasteiger partial charge in [0.25, 0.3) is 0 Å². The molecule has 1 rings (SSSR count). The molecule has 0 saturated heterocycles. The number of carboxylic acids is 1. The molecular weight excluding hydrogens is 284 g/mol. The van der Waals surface area contributed by atoms with Gasteiger partial charge in [-0.05, 0) is 24.6 Å². The van der Waals surface area contributed by atoms with Crippen molar-refractivity contribution in [2.75, 3.05) is 18.0 Å². The molecule has 4 nitrogen and oxygen atoms in total. The quantitative estimate of drug-likeness (QED) is 0.907. The molecular formula is C12H13BrN2O2. The highest BCUT2D eigenvalue weighted by molar-refractivity contribution is 9.10. The van der Waals surface area contributed by atoms with Gasteiger partial charge in [0.05, 0.1) is 11.3 Å². The van der Waals surface area contributed by atoms with Gasteiger partial charge < -0.3 is 10.0 Å². The Kier molecular flexibility index (Phi) is 4.98. The number of halogens is 1. The van der Waals surface area contributed by atoms with E-state index in [2.05, 4.69) is 22.0 Å². The number of aliphatic carboxylic acids is 1. The normalized spacial score (nSPS) is 9.71. The summed E-state index contributed by atoms with van der Waals surface area (Å²) in [5, 5.41) is 17.9.